The summed E-state index contributed by atoms with van der Waals surface area (Å²) in [5.41, 5.74) is 2.34. The molecular weight excluding hydrogens is 553 g/mol. The topological polar surface area (TPSA) is 86.8 Å². The largest absolute Gasteiger partial charge is 0.354 e. The number of rotatable bonds is 12. The van der Waals surface area contributed by atoms with E-state index >= 15 is 0 Å². The van der Waals surface area contributed by atoms with Crippen molar-refractivity contribution in [2.24, 2.45) is 0 Å². The second kappa shape index (κ2) is 13.8. The van der Waals surface area contributed by atoms with Gasteiger partial charge in [0.05, 0.1) is 10.6 Å². The van der Waals surface area contributed by atoms with Gasteiger partial charge in [-0.2, -0.15) is 0 Å². The lowest BCUT2D eigenvalue weighted by molar-refractivity contribution is -0.140. The number of hydrogen-bond donors (Lipinski definition) is 1. The Morgan fingerprint density at radius 1 is 0.975 bits per heavy atom. The van der Waals surface area contributed by atoms with Crippen molar-refractivity contribution in [2.45, 2.75) is 58.0 Å². The average molecular weight is 588 g/mol. The fourth-order valence-corrected chi connectivity index (χ4v) is 5.91. The molecule has 10 heteroatoms. The van der Waals surface area contributed by atoms with Crippen molar-refractivity contribution in [3.8, 4) is 0 Å². The van der Waals surface area contributed by atoms with Crippen LogP contribution in [0, 0.1) is 19.7 Å². The number of carbonyl (C=O) groups excluding carboxylic acids is 2. The molecule has 0 aliphatic rings. The van der Waals surface area contributed by atoms with Crippen LogP contribution in [-0.4, -0.2) is 44.3 Å². The molecule has 0 aliphatic heterocycles. The lowest BCUT2D eigenvalue weighted by atomic mass is 10.1. The van der Waals surface area contributed by atoms with Crippen LogP contribution in [-0.2, 0) is 26.2 Å². The monoisotopic (exact) mass is 587 g/mol. The second-order valence-electron chi connectivity index (χ2n) is 9.62. The van der Waals surface area contributed by atoms with Crippen LogP contribution in [0.2, 0.25) is 5.02 Å². The van der Waals surface area contributed by atoms with Gasteiger partial charge in [0.2, 0.25) is 11.8 Å². The molecule has 1 unspecified atom stereocenters. The van der Waals surface area contributed by atoms with Crippen LogP contribution >= 0.6 is 11.6 Å². The van der Waals surface area contributed by atoms with Gasteiger partial charge in [0.15, 0.2) is 0 Å². The molecule has 0 bridgehead atoms. The molecule has 2 amide bonds. The minimum Gasteiger partial charge on any atom is -0.354 e. The van der Waals surface area contributed by atoms with Crippen LogP contribution in [0.4, 0.5) is 10.1 Å². The summed E-state index contributed by atoms with van der Waals surface area (Å²) < 4.78 is 42.6. The number of nitrogens with zero attached hydrogens (tertiary/aromatic N) is 2. The quantitative estimate of drug-likeness (QED) is 0.298. The molecule has 3 aromatic rings. The van der Waals surface area contributed by atoms with Gasteiger partial charge in [-0.15, -0.1) is 0 Å². The normalized spacial score (nSPS) is 12.1. The Hall–Kier alpha value is -3.43. The maximum absolute atomic E-state index is 14.0. The van der Waals surface area contributed by atoms with E-state index in [1.807, 2.05) is 13.8 Å². The zero-order valence-corrected chi connectivity index (χ0v) is 24.7. The Balaban J connectivity index is 2.09. The Labute approximate surface area is 241 Å². The van der Waals surface area contributed by atoms with Crippen molar-refractivity contribution in [2.75, 3.05) is 17.4 Å². The maximum atomic E-state index is 14.0. The van der Waals surface area contributed by atoms with E-state index < -0.39 is 34.3 Å². The van der Waals surface area contributed by atoms with Gasteiger partial charge < -0.3 is 10.2 Å². The molecular formula is C30H35ClFN3O4S. The third kappa shape index (κ3) is 7.61. The molecule has 0 saturated heterocycles. The van der Waals surface area contributed by atoms with Gasteiger partial charge in [-0.25, -0.2) is 12.8 Å². The average Bonchev–Trinajstić information content (AvgIpc) is 2.93. The lowest BCUT2D eigenvalue weighted by Crippen LogP contribution is -2.52. The van der Waals surface area contributed by atoms with Crippen molar-refractivity contribution in [1.82, 2.24) is 10.2 Å². The molecule has 1 atom stereocenters. The minimum absolute atomic E-state index is 0.00981. The molecule has 3 rings (SSSR count). The molecule has 3 aromatic carbocycles. The molecule has 0 aliphatic carbocycles. The second-order valence-corrected chi connectivity index (χ2v) is 11.9. The summed E-state index contributed by atoms with van der Waals surface area (Å²) in [6, 6.07) is 15.9. The van der Waals surface area contributed by atoms with Crippen molar-refractivity contribution >= 4 is 39.1 Å². The predicted molar refractivity (Wildman–Crippen MR) is 156 cm³/mol. The first-order chi connectivity index (χ1) is 19.0. The van der Waals surface area contributed by atoms with E-state index in [1.165, 1.54) is 47.4 Å². The number of sulfonamides is 1. The highest BCUT2D eigenvalue weighted by Gasteiger charge is 2.34. The number of anilines is 1. The van der Waals surface area contributed by atoms with Crippen molar-refractivity contribution in [3.63, 3.8) is 0 Å². The molecule has 0 saturated carbocycles. The summed E-state index contributed by atoms with van der Waals surface area (Å²) in [5, 5.41) is 3.15. The third-order valence-corrected chi connectivity index (χ3v) is 8.54. The van der Waals surface area contributed by atoms with Crippen molar-refractivity contribution in [1.29, 1.82) is 0 Å². The fourth-order valence-electron chi connectivity index (χ4n) is 4.27. The van der Waals surface area contributed by atoms with E-state index in [9.17, 15) is 22.4 Å². The van der Waals surface area contributed by atoms with Crippen molar-refractivity contribution in [3.05, 3.63) is 94.3 Å². The standard InChI is InChI=1S/C30H35ClFN3O4S/c1-5-17-33-30(37)27(6-2)34(19-23-10-13-25(32)14-11-23)29(36)20-35(28-18-24(31)12-9-22(28)4)40(38,39)26-15-7-21(3)8-16-26/h7-16,18,27H,5-6,17,19-20H2,1-4H3,(H,33,37). The molecule has 0 heterocycles. The van der Waals surface area contributed by atoms with Gasteiger partial charge in [0, 0.05) is 18.1 Å². The molecule has 0 radical (unpaired) electrons. The molecule has 214 valence electrons. The van der Waals surface area contributed by atoms with E-state index in [-0.39, 0.29) is 23.0 Å². The SMILES string of the molecule is CCCNC(=O)C(CC)N(Cc1ccc(F)cc1)C(=O)CN(c1cc(Cl)ccc1C)S(=O)(=O)c1ccc(C)cc1. The Kier molecular flexibility index (Phi) is 10.7. The van der Waals surface area contributed by atoms with Crippen LogP contribution in [0.1, 0.15) is 43.4 Å². The molecule has 7 nitrogen and oxygen atoms in total. The summed E-state index contributed by atoms with van der Waals surface area (Å²) in [4.78, 5) is 28.5. The van der Waals surface area contributed by atoms with Gasteiger partial charge in [0.25, 0.3) is 10.0 Å². The van der Waals surface area contributed by atoms with Gasteiger partial charge >= 0.3 is 0 Å². The third-order valence-electron chi connectivity index (χ3n) is 6.53. The minimum atomic E-state index is -4.21. The molecule has 0 spiro atoms. The number of aryl methyl sites for hydroxylation is 2. The lowest BCUT2D eigenvalue weighted by Gasteiger charge is -2.33. The van der Waals surface area contributed by atoms with E-state index in [0.717, 1.165) is 9.87 Å². The summed E-state index contributed by atoms with van der Waals surface area (Å²) in [7, 11) is -4.21. The van der Waals surface area contributed by atoms with Gasteiger partial charge in [0.1, 0.15) is 18.4 Å². The number of amides is 2. The Morgan fingerprint density at radius 3 is 2.23 bits per heavy atom. The molecule has 40 heavy (non-hydrogen) atoms. The van der Waals surface area contributed by atoms with Crippen LogP contribution in [0.3, 0.4) is 0 Å². The summed E-state index contributed by atoms with van der Waals surface area (Å²) in [6.07, 6.45) is 1.01. The van der Waals surface area contributed by atoms with Crippen LogP contribution in [0.5, 0.6) is 0 Å². The van der Waals surface area contributed by atoms with E-state index in [2.05, 4.69) is 5.32 Å². The van der Waals surface area contributed by atoms with E-state index in [0.29, 0.717) is 35.5 Å². The highest BCUT2D eigenvalue weighted by Crippen LogP contribution is 2.30. The van der Waals surface area contributed by atoms with Crippen LogP contribution < -0.4 is 9.62 Å². The molecule has 0 aromatic heterocycles. The highest BCUT2D eigenvalue weighted by molar-refractivity contribution is 7.92. The maximum Gasteiger partial charge on any atom is 0.264 e. The summed E-state index contributed by atoms with van der Waals surface area (Å²) in [5.74, 6) is -1.36. The fraction of sp³-hybridized carbons (Fsp3) is 0.333. The van der Waals surface area contributed by atoms with Gasteiger partial charge in [-0.3, -0.25) is 13.9 Å². The Bertz CT molecular complexity index is 1430. The first kappa shape index (κ1) is 31.1. The number of hydrogen-bond acceptors (Lipinski definition) is 4. The zero-order valence-electron chi connectivity index (χ0n) is 23.2. The summed E-state index contributed by atoms with van der Waals surface area (Å²) in [6.45, 7) is 7.13. The number of benzene rings is 3. The van der Waals surface area contributed by atoms with E-state index in [1.54, 1.807) is 38.1 Å². The molecule has 0 fully saturated rings. The number of carbonyl (C=O) groups is 2. The number of nitrogens with one attached hydrogen (secondary N) is 1. The first-order valence-corrected chi connectivity index (χ1v) is 15.0. The molecule has 1 N–H and O–H groups in total. The zero-order chi connectivity index (χ0) is 29.4. The van der Waals surface area contributed by atoms with Crippen molar-refractivity contribution < 1.29 is 22.4 Å². The first-order valence-electron chi connectivity index (χ1n) is 13.1. The Morgan fingerprint density at radius 2 is 1.62 bits per heavy atom. The van der Waals surface area contributed by atoms with Gasteiger partial charge in [-0.05, 0) is 74.2 Å². The smallest absolute Gasteiger partial charge is 0.264 e. The van der Waals surface area contributed by atoms with Gasteiger partial charge in [-0.1, -0.05) is 61.3 Å². The predicted octanol–water partition coefficient (Wildman–Crippen LogP) is 5.62. The van der Waals surface area contributed by atoms with Crippen LogP contribution in [0.25, 0.3) is 0 Å². The number of halogens is 2. The van der Waals surface area contributed by atoms with Crippen LogP contribution in [0.15, 0.2) is 71.6 Å². The van der Waals surface area contributed by atoms with E-state index in [4.69, 9.17) is 11.6 Å². The summed E-state index contributed by atoms with van der Waals surface area (Å²) >= 11 is 6.26. The highest BCUT2D eigenvalue weighted by atomic mass is 35.5.